The van der Waals surface area contributed by atoms with Gasteiger partial charge in [0.05, 0.1) is 11.7 Å². The summed E-state index contributed by atoms with van der Waals surface area (Å²) in [6.45, 7) is 4.66. The highest BCUT2D eigenvalue weighted by Crippen LogP contribution is 2.47. The van der Waals surface area contributed by atoms with Gasteiger partial charge >= 0.3 is 0 Å². The molecule has 3 N–H and O–H groups in total. The van der Waals surface area contributed by atoms with Crippen LogP contribution in [0.2, 0.25) is 0 Å². The van der Waals surface area contributed by atoms with E-state index < -0.39 is 0 Å². The number of nitrogens with two attached hydrogens (primary N) is 1. The molecule has 0 aliphatic heterocycles. The Hall–Kier alpha value is -0.460. The fraction of sp³-hybridized carbons (Fsp3) is 0.833. The molecule has 0 aromatic carbocycles. The van der Waals surface area contributed by atoms with Gasteiger partial charge in [-0.15, -0.1) is 5.10 Å². The summed E-state index contributed by atoms with van der Waals surface area (Å²) in [5, 5.41) is 8.11. The predicted molar refractivity (Wildman–Crippen MR) is 74.5 cm³/mol. The summed E-state index contributed by atoms with van der Waals surface area (Å²) < 4.78 is 2.59. The van der Waals surface area contributed by atoms with Crippen LogP contribution in [-0.4, -0.2) is 15.0 Å². The first-order valence-electron chi connectivity index (χ1n) is 6.48. The highest BCUT2D eigenvalue weighted by molar-refractivity contribution is 9.10. The number of nitrogens with one attached hydrogen (secondary N) is 1. The minimum Gasteiger partial charge on any atom is -0.271 e. The summed E-state index contributed by atoms with van der Waals surface area (Å²) in [5.74, 6) is 6.32. The molecule has 1 aliphatic carbocycles. The lowest BCUT2D eigenvalue weighted by Gasteiger charge is -2.42. The number of hydrogen-bond donors (Lipinski definition) is 2. The van der Waals surface area contributed by atoms with E-state index in [0.717, 1.165) is 10.3 Å². The van der Waals surface area contributed by atoms with Gasteiger partial charge in [-0.25, -0.2) is 4.68 Å². The zero-order valence-corrected chi connectivity index (χ0v) is 12.9. The maximum atomic E-state index is 5.81. The number of aromatic nitrogens is 3. The van der Waals surface area contributed by atoms with Gasteiger partial charge in [0.1, 0.15) is 0 Å². The first-order chi connectivity index (χ1) is 8.47. The average molecular weight is 316 g/mol. The van der Waals surface area contributed by atoms with Crippen LogP contribution in [0.1, 0.15) is 51.3 Å². The lowest BCUT2D eigenvalue weighted by Crippen LogP contribution is -2.42. The van der Waals surface area contributed by atoms with Gasteiger partial charge < -0.3 is 0 Å². The number of nitrogens with zero attached hydrogens (tertiary/aromatic N) is 3. The summed E-state index contributed by atoms with van der Waals surface area (Å²) in [6.07, 6.45) is 5.03. The van der Waals surface area contributed by atoms with Crippen molar-refractivity contribution in [3.8, 4) is 0 Å². The van der Waals surface area contributed by atoms with Crippen molar-refractivity contribution in [1.29, 1.82) is 0 Å². The summed E-state index contributed by atoms with van der Waals surface area (Å²) in [6, 6.07) is 0.0923. The molecule has 2 unspecified atom stereocenters. The Morgan fingerprint density at radius 1 is 1.50 bits per heavy atom. The van der Waals surface area contributed by atoms with Crippen molar-refractivity contribution in [3.63, 3.8) is 0 Å². The van der Waals surface area contributed by atoms with E-state index in [0.29, 0.717) is 11.3 Å². The molecule has 2 rings (SSSR count). The van der Waals surface area contributed by atoms with E-state index in [1.807, 2.05) is 7.05 Å². The lowest BCUT2D eigenvalue weighted by atomic mass is 9.65. The molecular formula is C12H22BrN5. The van der Waals surface area contributed by atoms with Crippen molar-refractivity contribution in [3.05, 3.63) is 10.3 Å². The number of hydrogen-bond acceptors (Lipinski definition) is 4. The van der Waals surface area contributed by atoms with Crippen LogP contribution in [0.5, 0.6) is 0 Å². The van der Waals surface area contributed by atoms with Crippen LogP contribution in [0.15, 0.2) is 4.60 Å². The Morgan fingerprint density at radius 3 is 2.72 bits per heavy atom. The van der Waals surface area contributed by atoms with Crippen molar-refractivity contribution in [2.45, 2.75) is 45.6 Å². The van der Waals surface area contributed by atoms with Crippen LogP contribution >= 0.6 is 15.9 Å². The number of hydrazine groups is 1. The quantitative estimate of drug-likeness (QED) is 0.663. The summed E-state index contributed by atoms with van der Waals surface area (Å²) in [7, 11) is 1.91. The number of halogens is 1. The Labute approximate surface area is 117 Å². The zero-order valence-electron chi connectivity index (χ0n) is 11.3. The summed E-state index contributed by atoms with van der Waals surface area (Å²) >= 11 is 3.47. The highest BCUT2D eigenvalue weighted by Gasteiger charge is 2.39. The molecule has 0 saturated heterocycles. The second-order valence-corrected chi connectivity index (χ2v) is 6.63. The molecule has 18 heavy (non-hydrogen) atoms. The number of aryl methyl sites for hydroxylation is 1. The zero-order chi connectivity index (χ0) is 13.3. The molecule has 0 radical (unpaired) electrons. The summed E-state index contributed by atoms with van der Waals surface area (Å²) in [5.41, 5.74) is 4.31. The molecule has 1 aromatic heterocycles. The standard InChI is InChI=1S/C12H22BrN5/c1-12(2)7-5-4-6-8(12)9(15-14)10-11(13)16-17-18(10)3/h8-9,15H,4-7,14H2,1-3H3. The third-order valence-electron chi connectivity index (χ3n) is 4.29. The third-order valence-corrected chi connectivity index (χ3v) is 4.86. The maximum Gasteiger partial charge on any atom is 0.153 e. The lowest BCUT2D eigenvalue weighted by molar-refractivity contribution is 0.0949. The van der Waals surface area contributed by atoms with Crippen LogP contribution in [0.4, 0.5) is 0 Å². The first-order valence-corrected chi connectivity index (χ1v) is 7.28. The van der Waals surface area contributed by atoms with Gasteiger partial charge in [-0.1, -0.05) is 31.9 Å². The van der Waals surface area contributed by atoms with E-state index in [1.165, 1.54) is 25.7 Å². The normalized spacial score (nSPS) is 25.1. The van der Waals surface area contributed by atoms with Crippen LogP contribution in [0.25, 0.3) is 0 Å². The fourth-order valence-electron chi connectivity index (χ4n) is 3.19. The molecule has 6 heteroatoms. The van der Waals surface area contributed by atoms with Crippen LogP contribution in [0, 0.1) is 11.3 Å². The number of rotatable bonds is 3. The molecule has 0 spiro atoms. The van der Waals surface area contributed by atoms with E-state index >= 15 is 0 Å². The van der Waals surface area contributed by atoms with E-state index in [2.05, 4.69) is 45.5 Å². The van der Waals surface area contributed by atoms with Crippen molar-refractivity contribution < 1.29 is 0 Å². The van der Waals surface area contributed by atoms with E-state index in [-0.39, 0.29) is 6.04 Å². The van der Waals surface area contributed by atoms with Crippen LogP contribution < -0.4 is 11.3 Å². The fourth-order valence-corrected chi connectivity index (χ4v) is 3.77. The van der Waals surface area contributed by atoms with Crippen molar-refractivity contribution in [2.75, 3.05) is 0 Å². The van der Waals surface area contributed by atoms with E-state index in [4.69, 9.17) is 5.84 Å². The van der Waals surface area contributed by atoms with Crippen molar-refractivity contribution in [1.82, 2.24) is 20.4 Å². The molecule has 0 bridgehead atoms. The minimum absolute atomic E-state index is 0.0923. The Bertz CT molecular complexity index is 395. The van der Waals surface area contributed by atoms with Crippen molar-refractivity contribution in [2.24, 2.45) is 24.2 Å². The minimum atomic E-state index is 0.0923. The average Bonchev–Trinajstić information content (AvgIpc) is 2.63. The predicted octanol–water partition coefficient (Wildman–Crippen LogP) is 2.30. The van der Waals surface area contributed by atoms with E-state index in [9.17, 15) is 0 Å². The van der Waals surface area contributed by atoms with Crippen LogP contribution in [-0.2, 0) is 7.05 Å². The first kappa shape index (κ1) is 14.0. The van der Waals surface area contributed by atoms with Crippen LogP contribution in [0.3, 0.4) is 0 Å². The van der Waals surface area contributed by atoms with Gasteiger partial charge in [0.25, 0.3) is 0 Å². The van der Waals surface area contributed by atoms with Gasteiger partial charge in [-0.05, 0) is 40.1 Å². The van der Waals surface area contributed by atoms with Gasteiger partial charge in [0.15, 0.2) is 4.60 Å². The second kappa shape index (κ2) is 5.27. The SMILES string of the molecule is Cn1nnc(Br)c1C(NN)C1CCCCC1(C)C. The molecule has 102 valence electrons. The molecule has 1 fully saturated rings. The summed E-state index contributed by atoms with van der Waals surface area (Å²) in [4.78, 5) is 0. The molecule has 5 nitrogen and oxygen atoms in total. The second-order valence-electron chi connectivity index (χ2n) is 5.87. The van der Waals surface area contributed by atoms with E-state index in [1.54, 1.807) is 4.68 Å². The molecule has 1 aliphatic rings. The third kappa shape index (κ3) is 2.46. The topological polar surface area (TPSA) is 68.8 Å². The highest BCUT2D eigenvalue weighted by atomic mass is 79.9. The monoisotopic (exact) mass is 315 g/mol. The Morgan fingerprint density at radius 2 is 2.22 bits per heavy atom. The molecule has 1 aromatic rings. The maximum absolute atomic E-state index is 5.81. The molecule has 1 heterocycles. The molecule has 0 amide bonds. The van der Waals surface area contributed by atoms with Gasteiger partial charge in [0.2, 0.25) is 0 Å². The molecule has 2 atom stereocenters. The molecular weight excluding hydrogens is 294 g/mol. The Balaban J connectivity index is 2.33. The molecule has 1 saturated carbocycles. The smallest absolute Gasteiger partial charge is 0.153 e. The van der Waals surface area contributed by atoms with Gasteiger partial charge in [0, 0.05) is 7.05 Å². The Kier molecular flexibility index (Phi) is 4.08. The van der Waals surface area contributed by atoms with Gasteiger partial charge in [-0.3, -0.25) is 11.3 Å². The van der Waals surface area contributed by atoms with Crippen molar-refractivity contribution >= 4 is 15.9 Å². The van der Waals surface area contributed by atoms with Gasteiger partial charge in [-0.2, -0.15) is 0 Å². The largest absolute Gasteiger partial charge is 0.271 e.